The minimum atomic E-state index is -0.615. The summed E-state index contributed by atoms with van der Waals surface area (Å²) in [4.78, 5) is 12.1. The van der Waals surface area contributed by atoms with Crippen molar-refractivity contribution < 1.29 is 9.18 Å². The Morgan fingerprint density at radius 1 is 1.18 bits per heavy atom. The summed E-state index contributed by atoms with van der Waals surface area (Å²) in [5.41, 5.74) is 0.754. The molecule has 2 aromatic carbocycles. The Kier molecular flexibility index (Phi) is 5.16. The van der Waals surface area contributed by atoms with Gasteiger partial charge in [-0.1, -0.05) is 35.3 Å². The quantitative estimate of drug-likeness (QED) is 0.654. The molecule has 0 heterocycles. The second-order valence-electron chi connectivity index (χ2n) is 4.30. The van der Waals surface area contributed by atoms with Gasteiger partial charge in [0.15, 0.2) is 0 Å². The maximum absolute atomic E-state index is 12.8. The molecule has 0 saturated heterocycles. The maximum Gasteiger partial charge on any atom is 0.266 e. The molecule has 0 saturated carbocycles. The van der Waals surface area contributed by atoms with Gasteiger partial charge >= 0.3 is 0 Å². The largest absolute Gasteiger partial charge is 0.320 e. The predicted octanol–water partition coefficient (Wildman–Crippen LogP) is 4.68. The fourth-order valence-corrected chi connectivity index (χ4v) is 2.11. The van der Waals surface area contributed by atoms with Crippen molar-refractivity contribution in [3.8, 4) is 6.07 Å². The molecule has 2 rings (SSSR count). The summed E-state index contributed by atoms with van der Waals surface area (Å²) in [5, 5.41) is 12.3. The van der Waals surface area contributed by atoms with E-state index in [1.165, 1.54) is 42.5 Å². The first-order valence-corrected chi connectivity index (χ1v) is 6.89. The van der Waals surface area contributed by atoms with Crippen molar-refractivity contribution in [1.82, 2.24) is 0 Å². The van der Waals surface area contributed by atoms with Gasteiger partial charge in [-0.3, -0.25) is 4.79 Å². The highest BCUT2D eigenvalue weighted by atomic mass is 35.5. The molecule has 0 aliphatic carbocycles. The van der Waals surface area contributed by atoms with Crippen molar-refractivity contribution in [2.24, 2.45) is 0 Å². The Morgan fingerprint density at radius 3 is 2.45 bits per heavy atom. The highest BCUT2D eigenvalue weighted by molar-refractivity contribution is 6.36. The van der Waals surface area contributed by atoms with Gasteiger partial charge in [0.2, 0.25) is 0 Å². The van der Waals surface area contributed by atoms with Gasteiger partial charge in [0, 0.05) is 5.02 Å². The van der Waals surface area contributed by atoms with E-state index in [1.807, 2.05) is 0 Å². The third-order valence-electron chi connectivity index (χ3n) is 2.73. The molecule has 0 radical (unpaired) electrons. The number of carbonyl (C=O) groups is 1. The van der Waals surface area contributed by atoms with Crippen LogP contribution in [-0.2, 0) is 4.79 Å². The molecule has 2 aromatic rings. The summed E-state index contributed by atoms with van der Waals surface area (Å²) in [5.74, 6) is -1.01. The van der Waals surface area contributed by atoms with Crippen LogP contribution in [0.3, 0.4) is 0 Å². The zero-order chi connectivity index (χ0) is 16.1. The summed E-state index contributed by atoms with van der Waals surface area (Å²) < 4.78 is 12.8. The van der Waals surface area contributed by atoms with Gasteiger partial charge in [-0.25, -0.2) is 4.39 Å². The van der Waals surface area contributed by atoms with Crippen molar-refractivity contribution in [2.45, 2.75) is 0 Å². The molecular weight excluding hydrogens is 326 g/mol. The monoisotopic (exact) mass is 334 g/mol. The van der Waals surface area contributed by atoms with Crippen molar-refractivity contribution in [2.75, 3.05) is 5.32 Å². The number of carbonyl (C=O) groups excluding carboxylic acids is 1. The maximum atomic E-state index is 12.8. The first-order valence-electron chi connectivity index (χ1n) is 6.13. The number of anilines is 1. The molecule has 6 heteroatoms. The minimum Gasteiger partial charge on any atom is -0.320 e. The number of nitrogens with one attached hydrogen (secondary N) is 1. The highest BCUT2D eigenvalue weighted by Crippen LogP contribution is 2.25. The lowest BCUT2D eigenvalue weighted by Gasteiger charge is -2.06. The molecule has 0 atom stereocenters. The van der Waals surface area contributed by atoms with Gasteiger partial charge in [0.05, 0.1) is 10.7 Å². The van der Waals surface area contributed by atoms with Crippen molar-refractivity contribution >= 4 is 40.9 Å². The number of nitrogens with zero attached hydrogens (tertiary/aromatic N) is 1. The number of benzene rings is 2. The standard InChI is InChI=1S/C16H9Cl2FN2O/c17-12-3-6-15(14(18)8-12)21-16(22)11(9-20)7-10-1-4-13(19)5-2-10/h1-8H,(H,21,22)/b11-7+. The zero-order valence-electron chi connectivity index (χ0n) is 11.1. The number of rotatable bonds is 3. The summed E-state index contributed by atoms with van der Waals surface area (Å²) in [6.07, 6.45) is 1.36. The van der Waals surface area contributed by atoms with Gasteiger partial charge in [0.25, 0.3) is 5.91 Å². The molecule has 0 spiro atoms. The van der Waals surface area contributed by atoms with Crippen LogP contribution in [0.15, 0.2) is 48.0 Å². The van der Waals surface area contributed by atoms with Crippen LogP contribution in [0.5, 0.6) is 0 Å². The Hall–Kier alpha value is -2.35. The first kappa shape index (κ1) is 16.0. The van der Waals surface area contributed by atoms with Crippen LogP contribution < -0.4 is 5.32 Å². The van der Waals surface area contributed by atoms with E-state index in [0.717, 1.165) is 0 Å². The number of amides is 1. The zero-order valence-corrected chi connectivity index (χ0v) is 12.6. The SMILES string of the molecule is N#C/C(=C\c1ccc(F)cc1)C(=O)Nc1ccc(Cl)cc1Cl. The Balaban J connectivity index is 2.22. The van der Waals surface area contributed by atoms with Crippen LogP contribution in [-0.4, -0.2) is 5.91 Å². The molecule has 0 aliphatic heterocycles. The molecule has 1 amide bonds. The lowest BCUT2D eigenvalue weighted by molar-refractivity contribution is -0.112. The van der Waals surface area contributed by atoms with Crippen LogP contribution in [0.1, 0.15) is 5.56 Å². The topological polar surface area (TPSA) is 52.9 Å². The van der Waals surface area contributed by atoms with Crippen molar-refractivity contribution in [3.05, 3.63) is 69.5 Å². The fraction of sp³-hybridized carbons (Fsp3) is 0. The van der Waals surface area contributed by atoms with Crippen LogP contribution in [0, 0.1) is 17.1 Å². The summed E-state index contributed by atoms with van der Waals surface area (Å²) in [6.45, 7) is 0. The van der Waals surface area contributed by atoms with Crippen LogP contribution in [0.2, 0.25) is 10.0 Å². The fourth-order valence-electron chi connectivity index (χ4n) is 1.65. The average molecular weight is 335 g/mol. The van der Waals surface area contributed by atoms with Gasteiger partial charge in [-0.15, -0.1) is 0 Å². The molecule has 110 valence electrons. The van der Waals surface area contributed by atoms with Gasteiger partial charge in [0.1, 0.15) is 17.5 Å². The molecule has 0 aliphatic rings. The van der Waals surface area contributed by atoms with E-state index in [-0.39, 0.29) is 10.6 Å². The number of hydrogen-bond acceptors (Lipinski definition) is 2. The molecule has 3 nitrogen and oxygen atoms in total. The van der Waals surface area contributed by atoms with Gasteiger partial charge in [-0.2, -0.15) is 5.26 Å². The molecule has 0 aromatic heterocycles. The van der Waals surface area contributed by atoms with Crippen LogP contribution >= 0.6 is 23.2 Å². The molecule has 1 N–H and O–H groups in total. The number of hydrogen-bond donors (Lipinski definition) is 1. The third kappa shape index (κ3) is 4.08. The molecule has 22 heavy (non-hydrogen) atoms. The molecule has 0 unspecified atom stereocenters. The molecule has 0 bridgehead atoms. The van der Waals surface area contributed by atoms with Gasteiger partial charge < -0.3 is 5.32 Å². The second kappa shape index (κ2) is 7.08. The molecular formula is C16H9Cl2FN2O. The lowest BCUT2D eigenvalue weighted by Crippen LogP contribution is -2.13. The van der Waals surface area contributed by atoms with Crippen LogP contribution in [0.25, 0.3) is 6.08 Å². The summed E-state index contributed by atoms with van der Waals surface area (Å²) in [6, 6.07) is 11.8. The van der Waals surface area contributed by atoms with E-state index < -0.39 is 11.7 Å². The highest BCUT2D eigenvalue weighted by Gasteiger charge is 2.11. The van der Waals surface area contributed by atoms with Crippen molar-refractivity contribution in [3.63, 3.8) is 0 Å². The van der Waals surface area contributed by atoms with E-state index in [9.17, 15) is 9.18 Å². The number of nitriles is 1. The van der Waals surface area contributed by atoms with Gasteiger partial charge in [-0.05, 0) is 42.0 Å². The number of halogens is 3. The van der Waals surface area contributed by atoms with E-state index >= 15 is 0 Å². The average Bonchev–Trinajstić information content (AvgIpc) is 2.49. The summed E-state index contributed by atoms with van der Waals surface area (Å²) in [7, 11) is 0. The Labute approximate surface area is 136 Å². The Bertz CT molecular complexity index is 780. The Morgan fingerprint density at radius 2 is 1.86 bits per heavy atom. The summed E-state index contributed by atoms with van der Waals surface area (Å²) >= 11 is 11.7. The second-order valence-corrected chi connectivity index (χ2v) is 5.14. The predicted molar refractivity (Wildman–Crippen MR) is 85.1 cm³/mol. The van der Waals surface area contributed by atoms with E-state index in [1.54, 1.807) is 12.1 Å². The smallest absolute Gasteiger partial charge is 0.266 e. The van der Waals surface area contributed by atoms with E-state index in [0.29, 0.717) is 16.3 Å². The minimum absolute atomic E-state index is 0.127. The van der Waals surface area contributed by atoms with E-state index in [4.69, 9.17) is 28.5 Å². The normalized spacial score (nSPS) is 10.9. The lowest BCUT2D eigenvalue weighted by atomic mass is 10.1. The molecule has 0 fully saturated rings. The third-order valence-corrected chi connectivity index (χ3v) is 3.27. The first-order chi connectivity index (χ1) is 10.5. The van der Waals surface area contributed by atoms with Crippen molar-refractivity contribution in [1.29, 1.82) is 5.26 Å². The van der Waals surface area contributed by atoms with Crippen LogP contribution in [0.4, 0.5) is 10.1 Å². The van der Waals surface area contributed by atoms with E-state index in [2.05, 4.69) is 5.32 Å².